The summed E-state index contributed by atoms with van der Waals surface area (Å²) < 4.78 is 15.0. The van der Waals surface area contributed by atoms with Crippen LogP contribution in [0.2, 0.25) is 0 Å². The summed E-state index contributed by atoms with van der Waals surface area (Å²) in [6, 6.07) is 4.77. The van der Waals surface area contributed by atoms with Crippen molar-refractivity contribution in [3.8, 4) is 0 Å². The lowest BCUT2D eigenvalue weighted by atomic mass is 10.1. The Morgan fingerprint density at radius 3 is 3.00 bits per heavy atom. The summed E-state index contributed by atoms with van der Waals surface area (Å²) in [7, 11) is 0. The summed E-state index contributed by atoms with van der Waals surface area (Å²) >= 11 is 0. The van der Waals surface area contributed by atoms with Crippen molar-refractivity contribution in [1.82, 2.24) is 14.6 Å². The van der Waals surface area contributed by atoms with Crippen LogP contribution in [0.3, 0.4) is 0 Å². The van der Waals surface area contributed by atoms with Crippen LogP contribution in [0, 0.1) is 12.7 Å². The number of aryl methyl sites for hydroxylation is 1. The van der Waals surface area contributed by atoms with Gasteiger partial charge < -0.3 is 10.7 Å². The summed E-state index contributed by atoms with van der Waals surface area (Å²) in [4.78, 5) is 7.05. The van der Waals surface area contributed by atoms with E-state index >= 15 is 0 Å². The Kier molecular flexibility index (Phi) is 2.56. The monoisotopic (exact) mass is 257 g/mol. The fraction of sp³-hybridized carbons (Fsp3) is 0.0769. The molecule has 0 spiro atoms. The molecule has 3 N–H and O–H groups in total. The molecule has 0 radical (unpaired) electrons. The van der Waals surface area contributed by atoms with Crippen LogP contribution >= 0.6 is 0 Å². The molecule has 0 saturated heterocycles. The van der Waals surface area contributed by atoms with Crippen LogP contribution in [0.5, 0.6) is 0 Å². The van der Waals surface area contributed by atoms with Gasteiger partial charge in [-0.2, -0.15) is 5.10 Å². The average molecular weight is 257 g/mol. The molecule has 0 amide bonds. The number of rotatable bonds is 2. The van der Waals surface area contributed by atoms with Gasteiger partial charge in [-0.25, -0.2) is 14.1 Å². The molecule has 3 aromatic rings. The second-order valence-corrected chi connectivity index (χ2v) is 4.23. The van der Waals surface area contributed by atoms with Crippen molar-refractivity contribution in [3.05, 3.63) is 47.7 Å². The van der Waals surface area contributed by atoms with Crippen molar-refractivity contribution in [2.45, 2.75) is 6.92 Å². The number of nitrogens with two attached hydrogens (primary N) is 1. The molecule has 6 heteroatoms. The van der Waals surface area contributed by atoms with Gasteiger partial charge in [0.1, 0.15) is 5.82 Å². The molecule has 0 saturated carbocycles. The first-order valence-electron chi connectivity index (χ1n) is 5.76. The smallest absolute Gasteiger partial charge is 0.221 e. The van der Waals surface area contributed by atoms with Crippen molar-refractivity contribution in [3.63, 3.8) is 0 Å². The van der Waals surface area contributed by atoms with Crippen molar-refractivity contribution in [2.24, 2.45) is 5.10 Å². The lowest BCUT2D eigenvalue weighted by Crippen LogP contribution is -1.97. The van der Waals surface area contributed by atoms with Crippen molar-refractivity contribution < 1.29 is 4.39 Å². The van der Waals surface area contributed by atoms with Gasteiger partial charge in [0, 0.05) is 17.1 Å². The second-order valence-electron chi connectivity index (χ2n) is 4.23. The number of nitrogen functional groups attached to an aromatic ring is 1. The van der Waals surface area contributed by atoms with Crippen molar-refractivity contribution in [1.29, 1.82) is 0 Å². The van der Waals surface area contributed by atoms with Crippen LogP contribution in [0.1, 0.15) is 11.3 Å². The predicted octanol–water partition coefficient (Wildman–Crippen LogP) is 2.28. The van der Waals surface area contributed by atoms with E-state index in [4.69, 9.17) is 5.73 Å². The normalized spacial score (nSPS) is 11.7. The highest BCUT2D eigenvalue weighted by atomic mass is 19.1. The third-order valence-electron chi connectivity index (χ3n) is 2.86. The van der Waals surface area contributed by atoms with Gasteiger partial charge in [-0.05, 0) is 25.1 Å². The predicted molar refractivity (Wildman–Crippen MR) is 72.6 cm³/mol. The zero-order valence-corrected chi connectivity index (χ0v) is 10.3. The van der Waals surface area contributed by atoms with Crippen LogP contribution in [0.15, 0.2) is 35.7 Å². The third-order valence-corrected chi connectivity index (χ3v) is 2.86. The quantitative estimate of drug-likeness (QED) is 0.691. The minimum Gasteiger partial charge on any atom is -0.368 e. The molecule has 0 bridgehead atoms. The molecule has 0 aliphatic heterocycles. The van der Waals surface area contributed by atoms with E-state index in [0.29, 0.717) is 16.9 Å². The lowest BCUT2D eigenvalue weighted by Gasteiger charge is -1.99. The van der Waals surface area contributed by atoms with Gasteiger partial charge >= 0.3 is 0 Å². The minimum atomic E-state index is -0.258. The molecule has 2 aromatic heterocycles. The van der Waals surface area contributed by atoms with Crippen molar-refractivity contribution in [2.75, 3.05) is 5.73 Å². The summed E-state index contributed by atoms with van der Waals surface area (Å²) in [6.45, 7) is 1.84. The molecular weight excluding hydrogens is 245 g/mol. The standard InChI is InChI=1S/C13H12FN5/c1-8-7-19(13(15)18-8)17-6-9-2-3-11(14)10-4-5-16-12(9)10/h2-7,16H,1H3,(H2,15,18). The van der Waals surface area contributed by atoms with Gasteiger partial charge in [-0.15, -0.1) is 0 Å². The van der Waals surface area contributed by atoms with E-state index in [2.05, 4.69) is 15.1 Å². The van der Waals surface area contributed by atoms with Gasteiger partial charge in [0.05, 0.1) is 23.6 Å². The summed E-state index contributed by atoms with van der Waals surface area (Å²) in [5, 5.41) is 4.76. The Bertz CT molecular complexity index is 769. The SMILES string of the molecule is Cc1cn(N=Cc2ccc(F)c3cc[nH]c23)c(N)n1. The van der Waals surface area contributed by atoms with Crippen LogP contribution in [-0.2, 0) is 0 Å². The summed E-state index contributed by atoms with van der Waals surface area (Å²) in [5.41, 5.74) is 7.98. The van der Waals surface area contributed by atoms with E-state index in [1.165, 1.54) is 10.7 Å². The number of H-pyrrole nitrogens is 1. The van der Waals surface area contributed by atoms with E-state index in [1.54, 1.807) is 30.7 Å². The van der Waals surface area contributed by atoms with Gasteiger partial charge in [-0.1, -0.05) is 0 Å². The molecule has 3 rings (SSSR count). The van der Waals surface area contributed by atoms with E-state index in [-0.39, 0.29) is 5.82 Å². The van der Waals surface area contributed by atoms with Crippen LogP contribution in [0.25, 0.3) is 10.9 Å². The van der Waals surface area contributed by atoms with Crippen LogP contribution in [-0.4, -0.2) is 20.9 Å². The summed E-state index contributed by atoms with van der Waals surface area (Å²) in [6.07, 6.45) is 5.04. The Labute approximate surface area is 108 Å². The number of hydrogen-bond acceptors (Lipinski definition) is 3. The number of aromatic nitrogens is 3. The number of fused-ring (bicyclic) bond motifs is 1. The molecular formula is C13H12FN5. The van der Waals surface area contributed by atoms with Crippen molar-refractivity contribution >= 4 is 23.1 Å². The Balaban J connectivity index is 2.04. The Hall–Kier alpha value is -2.63. The van der Waals surface area contributed by atoms with Gasteiger partial charge in [0.2, 0.25) is 5.95 Å². The van der Waals surface area contributed by atoms with Gasteiger partial charge in [0.25, 0.3) is 0 Å². The first kappa shape index (κ1) is 11.5. The Morgan fingerprint density at radius 1 is 1.42 bits per heavy atom. The number of nitrogens with one attached hydrogen (secondary N) is 1. The number of halogens is 1. The number of benzene rings is 1. The fourth-order valence-corrected chi connectivity index (χ4v) is 1.97. The maximum atomic E-state index is 13.5. The molecule has 5 nitrogen and oxygen atoms in total. The van der Waals surface area contributed by atoms with Gasteiger partial charge in [0.15, 0.2) is 0 Å². The average Bonchev–Trinajstić information content (AvgIpc) is 2.96. The molecule has 1 aromatic carbocycles. The first-order chi connectivity index (χ1) is 9.15. The molecule has 0 aliphatic carbocycles. The zero-order valence-electron chi connectivity index (χ0n) is 10.3. The second kappa shape index (κ2) is 4.24. The topological polar surface area (TPSA) is 72.0 Å². The molecule has 19 heavy (non-hydrogen) atoms. The third kappa shape index (κ3) is 1.97. The number of nitrogens with zero attached hydrogens (tertiary/aromatic N) is 3. The Morgan fingerprint density at radius 2 is 2.26 bits per heavy atom. The van der Waals surface area contributed by atoms with E-state index in [1.807, 2.05) is 6.92 Å². The van der Waals surface area contributed by atoms with Crippen LogP contribution in [0.4, 0.5) is 10.3 Å². The zero-order chi connectivity index (χ0) is 13.4. The highest BCUT2D eigenvalue weighted by Crippen LogP contribution is 2.19. The largest absolute Gasteiger partial charge is 0.368 e. The maximum absolute atomic E-state index is 13.5. The fourth-order valence-electron chi connectivity index (χ4n) is 1.97. The molecule has 0 fully saturated rings. The molecule has 0 aliphatic rings. The number of anilines is 1. The summed E-state index contributed by atoms with van der Waals surface area (Å²) in [5.74, 6) is 0.0602. The van der Waals surface area contributed by atoms with Crippen LogP contribution < -0.4 is 5.73 Å². The number of aromatic amines is 1. The highest BCUT2D eigenvalue weighted by molar-refractivity contribution is 5.98. The minimum absolute atomic E-state index is 0.258. The van der Waals surface area contributed by atoms with Gasteiger partial charge in [-0.3, -0.25) is 0 Å². The molecule has 2 heterocycles. The van der Waals surface area contributed by atoms with E-state index in [0.717, 1.165) is 11.3 Å². The molecule has 96 valence electrons. The first-order valence-corrected chi connectivity index (χ1v) is 5.76. The van der Waals surface area contributed by atoms with E-state index in [9.17, 15) is 4.39 Å². The maximum Gasteiger partial charge on any atom is 0.221 e. The number of hydrogen-bond donors (Lipinski definition) is 2. The number of imidazole rings is 1. The van der Waals surface area contributed by atoms with E-state index < -0.39 is 0 Å². The lowest BCUT2D eigenvalue weighted by molar-refractivity contribution is 0.640. The molecule has 0 atom stereocenters. The molecule has 0 unspecified atom stereocenters. The highest BCUT2D eigenvalue weighted by Gasteiger charge is 2.05.